The minimum absolute atomic E-state index is 0.0238. The van der Waals surface area contributed by atoms with Crippen molar-refractivity contribution in [3.05, 3.63) is 0 Å². The summed E-state index contributed by atoms with van der Waals surface area (Å²) in [6.45, 7) is 15.0. The zero-order valence-corrected chi connectivity index (χ0v) is 18.6. The van der Waals surface area contributed by atoms with Crippen molar-refractivity contribution in [3.8, 4) is 0 Å². The minimum atomic E-state index is -2.02. The average molecular weight is 463 g/mol. The molecule has 0 bridgehead atoms. The van der Waals surface area contributed by atoms with Crippen molar-refractivity contribution >= 4 is 30.3 Å². The monoisotopic (exact) mass is 463 g/mol. The van der Waals surface area contributed by atoms with Crippen LogP contribution in [0.25, 0.3) is 0 Å². The topological polar surface area (TPSA) is 49.3 Å². The van der Waals surface area contributed by atoms with Gasteiger partial charge in [0.1, 0.15) is 6.54 Å². The van der Waals surface area contributed by atoms with E-state index in [0.717, 1.165) is 9.01 Å². The van der Waals surface area contributed by atoms with E-state index in [-0.39, 0.29) is 10.8 Å². The first-order valence-electron chi connectivity index (χ1n) is 8.00. The van der Waals surface area contributed by atoms with Gasteiger partial charge in [0.25, 0.3) is 30.3 Å². The van der Waals surface area contributed by atoms with E-state index in [4.69, 9.17) is 23.5 Å². The van der Waals surface area contributed by atoms with Crippen LogP contribution >= 0.6 is 30.3 Å². The molecule has 0 amide bonds. The molecule has 2 atom stereocenters. The third-order valence-corrected chi connectivity index (χ3v) is 12.1. The highest BCUT2D eigenvalue weighted by atomic mass is 127. The Balaban J connectivity index is 2.88. The second-order valence-corrected chi connectivity index (χ2v) is 13.1. The predicted molar refractivity (Wildman–Crippen MR) is 103 cm³/mol. The van der Waals surface area contributed by atoms with E-state index in [9.17, 15) is 0 Å². The number of hydrogen-bond donors (Lipinski definition) is 0. The first kappa shape index (κ1) is 21.8. The third-order valence-electron chi connectivity index (χ3n) is 4.04. The van der Waals surface area contributed by atoms with Gasteiger partial charge < -0.3 is 14.2 Å². The molecule has 0 N–H and O–H groups in total. The Kier molecular flexibility index (Phi) is 7.99. The summed E-state index contributed by atoms with van der Waals surface area (Å²) in [4.78, 5) is 0. The highest BCUT2D eigenvalue weighted by molar-refractivity contribution is 14.1. The first-order valence-corrected chi connectivity index (χ1v) is 10.6. The van der Waals surface area contributed by atoms with Gasteiger partial charge in [-0.2, -0.15) is 7.21 Å². The van der Waals surface area contributed by atoms with Gasteiger partial charge in [0.2, 0.25) is 5.66 Å². The number of hydrogen-bond acceptors (Lipinski definition) is 5. The standard InChI is InChI=1S/C15H33IN2O4P/c1-14(2,3)23(22-13-12-21-11-10-20-7)17-15(4,5)18(23,16)8-9-19-6/h8-13H2,1-7H3/q+1. The Morgan fingerprint density at radius 2 is 1.57 bits per heavy atom. The normalized spacial score (nSPS) is 29.9. The molecule has 138 valence electrons. The highest BCUT2D eigenvalue weighted by Crippen LogP contribution is 2.81. The van der Waals surface area contributed by atoms with Crippen molar-refractivity contribution in [2.24, 2.45) is 4.74 Å². The summed E-state index contributed by atoms with van der Waals surface area (Å²) < 4.78 is 28.2. The molecule has 1 aliphatic heterocycles. The fraction of sp³-hybridized carbons (Fsp3) is 1.00. The van der Waals surface area contributed by atoms with Crippen LogP contribution in [0.4, 0.5) is 0 Å². The number of quaternary nitrogens is 1. The highest BCUT2D eigenvalue weighted by Gasteiger charge is 2.69. The lowest BCUT2D eigenvalue weighted by atomic mass is 10.2. The maximum absolute atomic E-state index is 6.45. The van der Waals surface area contributed by atoms with Gasteiger partial charge in [0.05, 0.1) is 38.2 Å². The summed E-state index contributed by atoms with van der Waals surface area (Å²) in [5, 5.41) is -0.0238. The van der Waals surface area contributed by atoms with Gasteiger partial charge in [-0.05, 0) is 20.8 Å². The van der Waals surface area contributed by atoms with Crippen LogP contribution in [0.1, 0.15) is 34.6 Å². The molecule has 0 fully saturated rings. The first-order chi connectivity index (χ1) is 10.6. The Labute approximate surface area is 155 Å². The molecule has 1 heterocycles. The molecular weight excluding hydrogens is 430 g/mol. The van der Waals surface area contributed by atoms with Gasteiger partial charge in [-0.1, -0.05) is 0 Å². The number of rotatable bonds is 10. The second-order valence-electron chi connectivity index (χ2n) is 7.14. The number of halogens is 1. The van der Waals surface area contributed by atoms with Gasteiger partial charge >= 0.3 is 0 Å². The van der Waals surface area contributed by atoms with Crippen molar-refractivity contribution in [3.63, 3.8) is 0 Å². The van der Waals surface area contributed by atoms with Crippen molar-refractivity contribution in [2.75, 3.05) is 53.8 Å². The van der Waals surface area contributed by atoms with Crippen LogP contribution in [0.5, 0.6) is 0 Å². The molecule has 0 aromatic heterocycles. The summed E-state index contributed by atoms with van der Waals surface area (Å²) >= 11 is 2.53. The van der Waals surface area contributed by atoms with Crippen LogP contribution in [0.15, 0.2) is 4.74 Å². The Morgan fingerprint density at radius 1 is 1.00 bits per heavy atom. The van der Waals surface area contributed by atoms with Crippen LogP contribution < -0.4 is 0 Å². The molecule has 0 saturated carbocycles. The van der Waals surface area contributed by atoms with Crippen molar-refractivity contribution < 1.29 is 21.2 Å². The van der Waals surface area contributed by atoms with Gasteiger partial charge in [-0.25, -0.2) is 0 Å². The van der Waals surface area contributed by atoms with Crippen molar-refractivity contribution in [1.82, 2.24) is 0 Å². The summed E-state index contributed by atoms with van der Waals surface area (Å²) in [6, 6.07) is 0. The molecule has 1 rings (SSSR count). The van der Waals surface area contributed by atoms with Crippen LogP contribution in [0.3, 0.4) is 0 Å². The lowest BCUT2D eigenvalue weighted by Gasteiger charge is -2.59. The van der Waals surface area contributed by atoms with Crippen molar-refractivity contribution in [2.45, 2.75) is 45.4 Å². The molecule has 23 heavy (non-hydrogen) atoms. The smallest absolute Gasteiger partial charge is 0.289 e. The summed E-state index contributed by atoms with van der Waals surface area (Å²) in [5.41, 5.74) is -0.156. The third kappa shape index (κ3) is 4.30. The molecular formula is C15H33IN2O4P+. The van der Waals surface area contributed by atoms with Crippen molar-refractivity contribution in [1.29, 1.82) is 0 Å². The zero-order valence-electron chi connectivity index (χ0n) is 15.6. The lowest BCUT2D eigenvalue weighted by Crippen LogP contribution is -2.61. The predicted octanol–water partition coefficient (Wildman–Crippen LogP) is 4.06. The van der Waals surface area contributed by atoms with Gasteiger partial charge in [-0.3, -0.25) is 4.52 Å². The van der Waals surface area contributed by atoms with E-state index in [0.29, 0.717) is 33.0 Å². The molecule has 1 aliphatic rings. The van der Waals surface area contributed by atoms with E-state index in [1.54, 1.807) is 14.2 Å². The van der Waals surface area contributed by atoms with Crippen LogP contribution in [0, 0.1) is 0 Å². The molecule has 8 heteroatoms. The molecule has 0 radical (unpaired) electrons. The van der Waals surface area contributed by atoms with Gasteiger partial charge in [0.15, 0.2) is 0 Å². The van der Waals surface area contributed by atoms with Crippen LogP contribution in [-0.4, -0.2) is 67.1 Å². The molecule has 0 aromatic rings. The summed E-state index contributed by atoms with van der Waals surface area (Å²) in [7, 11) is 1.39. The number of methoxy groups -OCH3 is 2. The zero-order chi connectivity index (χ0) is 17.8. The molecule has 6 nitrogen and oxygen atoms in total. The van der Waals surface area contributed by atoms with Crippen LogP contribution in [0.2, 0.25) is 0 Å². The SMILES string of the molecule is COCCOCCOP1(C(C)(C)C)=NC(C)(C)[N+]1(I)CCOC. The quantitative estimate of drug-likeness (QED) is 0.212. The number of ether oxygens (including phenoxy) is 3. The van der Waals surface area contributed by atoms with E-state index in [1.165, 1.54) is 0 Å². The fourth-order valence-electron chi connectivity index (χ4n) is 2.79. The Bertz CT molecular complexity index is 440. The largest absolute Gasteiger partial charge is 0.382 e. The molecule has 0 spiro atoms. The lowest BCUT2D eigenvalue weighted by molar-refractivity contribution is -0.713. The fourth-order valence-corrected chi connectivity index (χ4v) is 9.98. The minimum Gasteiger partial charge on any atom is -0.382 e. The Hall–Kier alpha value is 0.760. The van der Waals surface area contributed by atoms with E-state index in [1.807, 2.05) is 0 Å². The Morgan fingerprint density at radius 3 is 2.04 bits per heavy atom. The maximum atomic E-state index is 6.45. The van der Waals surface area contributed by atoms with Gasteiger partial charge in [0, 0.05) is 28.1 Å². The second kappa shape index (κ2) is 8.43. The molecule has 0 saturated heterocycles. The summed E-state index contributed by atoms with van der Waals surface area (Å²) in [6.07, 6.45) is 0. The van der Waals surface area contributed by atoms with Gasteiger partial charge in [-0.15, -0.1) is 0 Å². The maximum Gasteiger partial charge on any atom is 0.289 e. The molecule has 0 aromatic carbocycles. The van der Waals surface area contributed by atoms with Crippen LogP contribution in [-0.2, 0) is 18.7 Å². The van der Waals surface area contributed by atoms with E-state index in [2.05, 4.69) is 57.5 Å². The average Bonchev–Trinajstić information content (AvgIpc) is 2.45. The van der Waals surface area contributed by atoms with E-state index < -0.39 is 7.43 Å². The molecule has 0 aliphatic carbocycles. The number of nitrogens with zero attached hydrogens (tertiary/aromatic N) is 2. The molecule has 2 unspecified atom stereocenters. The summed E-state index contributed by atoms with van der Waals surface area (Å²) in [5.74, 6) is 0. The van der Waals surface area contributed by atoms with E-state index >= 15 is 0 Å².